The molecule has 0 atom stereocenters. The van der Waals surface area contributed by atoms with Crippen LogP contribution in [0.3, 0.4) is 0 Å². The summed E-state index contributed by atoms with van der Waals surface area (Å²) >= 11 is 0. The van der Waals surface area contributed by atoms with Crippen LogP contribution in [0.5, 0.6) is 0 Å². The van der Waals surface area contributed by atoms with Gasteiger partial charge < -0.3 is 15.1 Å². The molecule has 0 aromatic carbocycles. The average molecular weight is 283 g/mol. The zero-order valence-corrected chi connectivity index (χ0v) is 12.0. The van der Waals surface area contributed by atoms with Crippen molar-refractivity contribution in [1.29, 1.82) is 0 Å². The second-order valence-electron chi connectivity index (χ2n) is 4.80. The average Bonchev–Trinajstić information content (AvgIpc) is 2.42. The fraction of sp³-hybridized carbons (Fsp3) is 0.583. The van der Waals surface area contributed by atoms with Gasteiger partial charge in [0.05, 0.1) is 23.7 Å². The number of rotatable bonds is 8. The first-order valence-corrected chi connectivity index (χ1v) is 6.35. The molecular weight excluding hydrogens is 262 g/mol. The van der Waals surface area contributed by atoms with Crippen molar-refractivity contribution < 1.29 is 9.66 Å². The third-order valence-corrected chi connectivity index (χ3v) is 2.63. The van der Waals surface area contributed by atoms with E-state index in [1.807, 2.05) is 4.90 Å². The first-order chi connectivity index (χ1) is 9.47. The van der Waals surface area contributed by atoms with Crippen molar-refractivity contribution in [3.05, 3.63) is 22.2 Å². The van der Waals surface area contributed by atoms with Gasteiger partial charge in [-0.2, -0.15) is 0 Å². The molecule has 8 nitrogen and oxygen atoms in total. The number of aromatic nitrogens is 1. The molecule has 0 fully saturated rings. The van der Waals surface area contributed by atoms with E-state index in [9.17, 15) is 10.1 Å². The number of nitrogens with one attached hydrogen (secondary N) is 1. The molecule has 0 amide bonds. The lowest BCUT2D eigenvalue weighted by atomic mass is 10.2. The molecule has 3 N–H and O–H groups in total. The van der Waals surface area contributed by atoms with Crippen molar-refractivity contribution in [3.8, 4) is 0 Å². The molecule has 20 heavy (non-hydrogen) atoms. The minimum atomic E-state index is -0.462. The van der Waals surface area contributed by atoms with Crippen LogP contribution in [0.2, 0.25) is 0 Å². The molecule has 0 bridgehead atoms. The Hall–Kier alpha value is -1.93. The van der Waals surface area contributed by atoms with Crippen LogP contribution in [0.25, 0.3) is 0 Å². The van der Waals surface area contributed by atoms with Crippen LogP contribution >= 0.6 is 0 Å². The Kier molecular flexibility index (Phi) is 6.13. The summed E-state index contributed by atoms with van der Waals surface area (Å²) in [6.07, 6.45) is 0. The molecule has 0 saturated carbocycles. The summed E-state index contributed by atoms with van der Waals surface area (Å²) in [6, 6.07) is 2.74. The highest BCUT2D eigenvalue weighted by atomic mass is 16.6. The predicted molar refractivity (Wildman–Crippen MR) is 77.6 cm³/mol. The van der Waals surface area contributed by atoms with E-state index in [0.29, 0.717) is 24.9 Å². The van der Waals surface area contributed by atoms with E-state index in [4.69, 9.17) is 10.6 Å². The summed E-state index contributed by atoms with van der Waals surface area (Å²) in [7, 11) is 1.61. The molecule has 0 aliphatic heterocycles. The largest absolute Gasteiger partial charge is 0.383 e. The van der Waals surface area contributed by atoms with Crippen molar-refractivity contribution in [3.63, 3.8) is 0 Å². The molecule has 0 unspecified atom stereocenters. The number of nitrogens with two attached hydrogens (primary N) is 1. The van der Waals surface area contributed by atoms with Crippen LogP contribution in [0.4, 0.5) is 17.3 Å². The van der Waals surface area contributed by atoms with Crippen molar-refractivity contribution in [2.45, 2.75) is 13.8 Å². The van der Waals surface area contributed by atoms with Gasteiger partial charge in [-0.3, -0.25) is 10.1 Å². The highest BCUT2D eigenvalue weighted by Crippen LogP contribution is 2.23. The Bertz CT molecular complexity index is 453. The zero-order valence-electron chi connectivity index (χ0n) is 12.0. The molecule has 0 aliphatic rings. The zero-order chi connectivity index (χ0) is 15.1. The summed E-state index contributed by atoms with van der Waals surface area (Å²) in [4.78, 5) is 16.7. The van der Waals surface area contributed by atoms with Gasteiger partial charge in [-0.15, -0.1) is 0 Å². The van der Waals surface area contributed by atoms with E-state index in [2.05, 4.69) is 24.3 Å². The molecule has 112 valence electrons. The summed E-state index contributed by atoms with van der Waals surface area (Å²) in [5.74, 6) is 6.48. The molecule has 0 saturated heterocycles. The molecule has 1 heterocycles. The van der Waals surface area contributed by atoms with Crippen molar-refractivity contribution in [1.82, 2.24) is 4.98 Å². The highest BCUT2D eigenvalue weighted by molar-refractivity contribution is 5.55. The first-order valence-electron chi connectivity index (χ1n) is 6.35. The maximum atomic E-state index is 10.9. The molecule has 0 spiro atoms. The maximum absolute atomic E-state index is 10.9. The van der Waals surface area contributed by atoms with E-state index in [0.717, 1.165) is 6.54 Å². The number of anilines is 2. The maximum Gasteiger partial charge on any atom is 0.276 e. The van der Waals surface area contributed by atoms with Gasteiger partial charge in [0.25, 0.3) is 5.69 Å². The van der Waals surface area contributed by atoms with Crippen molar-refractivity contribution in [2.24, 2.45) is 11.8 Å². The molecular formula is C12H21N5O3. The molecule has 1 aromatic rings. The van der Waals surface area contributed by atoms with E-state index in [1.54, 1.807) is 7.11 Å². The Morgan fingerprint density at radius 1 is 1.55 bits per heavy atom. The second-order valence-corrected chi connectivity index (χ2v) is 4.80. The van der Waals surface area contributed by atoms with E-state index in [-0.39, 0.29) is 11.5 Å². The lowest BCUT2D eigenvalue weighted by Gasteiger charge is -2.25. The number of pyridine rings is 1. The fourth-order valence-electron chi connectivity index (χ4n) is 1.78. The van der Waals surface area contributed by atoms with Gasteiger partial charge >= 0.3 is 0 Å². The van der Waals surface area contributed by atoms with Crippen molar-refractivity contribution in [2.75, 3.05) is 37.1 Å². The van der Waals surface area contributed by atoms with Gasteiger partial charge in [0, 0.05) is 20.2 Å². The number of nitrogens with zero attached hydrogens (tertiary/aromatic N) is 3. The molecule has 1 rings (SSSR count). The Balaban J connectivity index is 3.09. The molecule has 8 heteroatoms. The second kappa shape index (κ2) is 7.61. The Morgan fingerprint density at radius 3 is 2.75 bits per heavy atom. The normalized spacial score (nSPS) is 10.7. The standard InChI is InChI=1S/C12H21N5O3/c1-9(2)8-16(4-5-20-3)12-7-10(17(18)19)6-11(14-12)15-13/h6-7,9H,4-5,8,13H2,1-3H3,(H,14,15). The van der Waals surface area contributed by atoms with E-state index >= 15 is 0 Å². The Labute approximate surface area is 118 Å². The van der Waals surface area contributed by atoms with Crippen LogP contribution in [0, 0.1) is 16.0 Å². The molecule has 0 radical (unpaired) electrons. The number of nitro groups is 1. The Morgan fingerprint density at radius 2 is 2.25 bits per heavy atom. The number of ether oxygens (including phenoxy) is 1. The fourth-order valence-corrected chi connectivity index (χ4v) is 1.78. The SMILES string of the molecule is COCCN(CC(C)C)c1cc([N+](=O)[O-])cc(NN)n1. The number of hydrogen-bond acceptors (Lipinski definition) is 7. The third-order valence-electron chi connectivity index (χ3n) is 2.63. The minimum absolute atomic E-state index is 0.0471. The number of hydrazine groups is 1. The summed E-state index contributed by atoms with van der Waals surface area (Å²) < 4.78 is 5.07. The van der Waals surface area contributed by atoms with Crippen LogP contribution in [0.1, 0.15) is 13.8 Å². The lowest BCUT2D eigenvalue weighted by Crippen LogP contribution is -2.32. The third kappa shape index (κ3) is 4.63. The van der Waals surface area contributed by atoms with Gasteiger partial charge in [0.15, 0.2) is 0 Å². The van der Waals surface area contributed by atoms with Gasteiger partial charge in [-0.1, -0.05) is 13.8 Å². The van der Waals surface area contributed by atoms with Gasteiger partial charge in [-0.25, -0.2) is 10.8 Å². The molecule has 0 aliphatic carbocycles. The van der Waals surface area contributed by atoms with Crippen LogP contribution in [-0.4, -0.2) is 36.7 Å². The van der Waals surface area contributed by atoms with E-state index < -0.39 is 4.92 Å². The molecule has 1 aromatic heterocycles. The number of methoxy groups -OCH3 is 1. The first kappa shape index (κ1) is 16.1. The number of nitrogen functional groups attached to an aromatic ring is 1. The smallest absolute Gasteiger partial charge is 0.276 e. The topological polar surface area (TPSA) is 107 Å². The summed E-state index contributed by atoms with van der Waals surface area (Å²) in [5, 5.41) is 10.9. The van der Waals surface area contributed by atoms with Crippen molar-refractivity contribution >= 4 is 17.3 Å². The number of hydrogen-bond donors (Lipinski definition) is 2. The summed E-state index contributed by atoms with van der Waals surface area (Å²) in [6.45, 7) is 5.98. The predicted octanol–water partition coefficient (Wildman–Crippen LogP) is 1.38. The van der Waals surface area contributed by atoms with E-state index in [1.165, 1.54) is 12.1 Å². The van der Waals surface area contributed by atoms with Gasteiger partial charge in [-0.05, 0) is 5.92 Å². The lowest BCUT2D eigenvalue weighted by molar-refractivity contribution is -0.384. The monoisotopic (exact) mass is 283 g/mol. The van der Waals surface area contributed by atoms with Crippen LogP contribution in [0.15, 0.2) is 12.1 Å². The minimum Gasteiger partial charge on any atom is -0.383 e. The summed E-state index contributed by atoms with van der Waals surface area (Å²) in [5.41, 5.74) is 2.31. The van der Waals surface area contributed by atoms with Crippen LogP contribution < -0.4 is 16.2 Å². The quantitative estimate of drug-likeness (QED) is 0.421. The van der Waals surface area contributed by atoms with Gasteiger partial charge in [0.2, 0.25) is 0 Å². The highest BCUT2D eigenvalue weighted by Gasteiger charge is 2.16. The van der Waals surface area contributed by atoms with Crippen LogP contribution in [-0.2, 0) is 4.74 Å². The van der Waals surface area contributed by atoms with Gasteiger partial charge in [0.1, 0.15) is 11.6 Å².